The topological polar surface area (TPSA) is 156 Å². The molecular weight excluding hydrogens is 352 g/mol. The number of methoxy groups -OCH3 is 1. The Balaban J connectivity index is 1.92. The zero-order chi connectivity index (χ0) is 19.0. The lowest BCUT2D eigenvalue weighted by Crippen LogP contribution is -2.61. The number of aliphatic hydroxyl groups excluding tert-OH is 3. The fourth-order valence-corrected chi connectivity index (χ4v) is 2.58. The number of benzene rings is 1. The van der Waals surface area contributed by atoms with Crippen LogP contribution in [0.5, 0.6) is 11.5 Å². The van der Waals surface area contributed by atoms with Gasteiger partial charge >= 0.3 is 11.6 Å². The molecule has 3 rings (SSSR count). The molecule has 0 aliphatic carbocycles. The highest BCUT2D eigenvalue weighted by Crippen LogP contribution is 2.36. The van der Waals surface area contributed by atoms with Crippen LogP contribution >= 0.6 is 0 Å². The van der Waals surface area contributed by atoms with Crippen LogP contribution in [0, 0.1) is 0 Å². The van der Waals surface area contributed by atoms with E-state index in [1.807, 2.05) is 0 Å². The Morgan fingerprint density at radius 3 is 2.46 bits per heavy atom. The van der Waals surface area contributed by atoms with E-state index in [2.05, 4.69) is 4.74 Å². The molecule has 1 aromatic heterocycles. The summed E-state index contributed by atoms with van der Waals surface area (Å²) in [4.78, 5) is 23.0. The van der Waals surface area contributed by atoms with Gasteiger partial charge in [0.05, 0.1) is 7.11 Å². The Hall–Kier alpha value is -2.66. The molecule has 5 atom stereocenters. The Labute approximate surface area is 145 Å². The highest BCUT2D eigenvalue weighted by atomic mass is 16.7. The third-order valence-corrected chi connectivity index (χ3v) is 3.97. The van der Waals surface area contributed by atoms with Crippen molar-refractivity contribution in [3.05, 3.63) is 34.7 Å². The number of hydrogen-bond acceptors (Lipinski definition) is 10. The van der Waals surface area contributed by atoms with E-state index in [0.717, 1.165) is 7.11 Å². The van der Waals surface area contributed by atoms with Crippen molar-refractivity contribution in [1.82, 2.24) is 0 Å². The maximum atomic E-state index is 11.7. The number of phenols is 1. The van der Waals surface area contributed by atoms with Crippen molar-refractivity contribution in [1.29, 1.82) is 0 Å². The second-order valence-electron chi connectivity index (χ2n) is 5.62. The monoisotopic (exact) mass is 368 g/mol. The number of esters is 1. The fraction of sp³-hybridized carbons (Fsp3) is 0.375. The number of phenolic OH excluding ortho intramolecular Hbond substituents is 1. The van der Waals surface area contributed by atoms with Crippen molar-refractivity contribution in [2.75, 3.05) is 7.11 Å². The lowest BCUT2D eigenvalue weighted by Gasteiger charge is -2.38. The Morgan fingerprint density at radius 2 is 1.77 bits per heavy atom. The van der Waals surface area contributed by atoms with Crippen LogP contribution in [0.15, 0.2) is 33.5 Å². The molecule has 2 heterocycles. The molecule has 1 aliphatic rings. The van der Waals surface area contributed by atoms with Gasteiger partial charge in [0.2, 0.25) is 12.0 Å². The van der Waals surface area contributed by atoms with E-state index in [4.69, 9.17) is 13.9 Å². The maximum absolute atomic E-state index is 11.7. The zero-order valence-corrected chi connectivity index (χ0v) is 13.4. The Morgan fingerprint density at radius 1 is 1.08 bits per heavy atom. The maximum Gasteiger partial charge on any atom is 0.337 e. The van der Waals surface area contributed by atoms with Crippen molar-refractivity contribution in [3.8, 4) is 11.5 Å². The largest absolute Gasteiger partial charge is 0.502 e. The summed E-state index contributed by atoms with van der Waals surface area (Å²) in [7, 11) is 1.06. The molecule has 140 valence electrons. The van der Waals surface area contributed by atoms with Gasteiger partial charge in [0.25, 0.3) is 0 Å². The Bertz CT molecular complexity index is 875. The van der Waals surface area contributed by atoms with Crippen LogP contribution < -0.4 is 10.4 Å². The summed E-state index contributed by atoms with van der Waals surface area (Å²) in [5.41, 5.74) is -0.839. The van der Waals surface area contributed by atoms with Gasteiger partial charge in [-0.3, -0.25) is 0 Å². The van der Waals surface area contributed by atoms with Gasteiger partial charge in [0, 0.05) is 11.5 Å². The molecule has 0 radical (unpaired) electrons. The number of aliphatic hydroxyl groups is 3. The van der Waals surface area contributed by atoms with Crippen LogP contribution in [0.1, 0.15) is 0 Å². The molecule has 1 aliphatic heterocycles. The highest BCUT2D eigenvalue weighted by molar-refractivity contribution is 5.84. The number of rotatable bonds is 3. The normalized spacial score (nSPS) is 28.7. The van der Waals surface area contributed by atoms with Gasteiger partial charge in [-0.1, -0.05) is 0 Å². The van der Waals surface area contributed by atoms with E-state index < -0.39 is 48.1 Å². The summed E-state index contributed by atoms with van der Waals surface area (Å²) in [6.45, 7) is 0. The number of fused-ring (bicyclic) bond motifs is 1. The molecule has 0 amide bonds. The summed E-state index contributed by atoms with van der Waals surface area (Å²) in [6, 6.07) is 5.41. The van der Waals surface area contributed by atoms with E-state index in [1.165, 1.54) is 24.3 Å². The number of carbonyl (C=O) groups is 1. The van der Waals surface area contributed by atoms with Gasteiger partial charge < -0.3 is 39.1 Å². The molecule has 1 saturated heterocycles. The summed E-state index contributed by atoms with van der Waals surface area (Å²) in [5.74, 6) is -1.75. The van der Waals surface area contributed by atoms with Gasteiger partial charge in [-0.05, 0) is 18.2 Å². The molecule has 10 heteroatoms. The minimum absolute atomic E-state index is 0.148. The number of aromatic hydroxyl groups is 1. The molecule has 1 aromatic carbocycles. The average molecular weight is 368 g/mol. The predicted octanol–water partition coefficient (Wildman–Crippen LogP) is -1.14. The van der Waals surface area contributed by atoms with Crippen molar-refractivity contribution < 1.29 is 43.8 Å². The quantitative estimate of drug-likeness (QED) is 0.386. The van der Waals surface area contributed by atoms with Crippen molar-refractivity contribution in [3.63, 3.8) is 0 Å². The molecule has 2 aromatic rings. The third kappa shape index (κ3) is 3.10. The minimum atomic E-state index is -1.77. The smallest absolute Gasteiger partial charge is 0.337 e. The average Bonchev–Trinajstić information content (AvgIpc) is 2.64. The van der Waals surface area contributed by atoms with Gasteiger partial charge in [0.15, 0.2) is 17.4 Å². The minimum Gasteiger partial charge on any atom is -0.502 e. The zero-order valence-electron chi connectivity index (χ0n) is 13.4. The van der Waals surface area contributed by atoms with Crippen molar-refractivity contribution in [2.24, 2.45) is 0 Å². The van der Waals surface area contributed by atoms with Gasteiger partial charge in [-0.15, -0.1) is 0 Å². The number of ether oxygens (including phenoxy) is 3. The number of hydrogen-bond donors (Lipinski definition) is 4. The molecule has 10 nitrogen and oxygen atoms in total. The van der Waals surface area contributed by atoms with E-state index in [-0.39, 0.29) is 11.3 Å². The van der Waals surface area contributed by atoms with E-state index in [0.29, 0.717) is 5.39 Å². The van der Waals surface area contributed by atoms with Crippen LogP contribution in [0.3, 0.4) is 0 Å². The van der Waals surface area contributed by atoms with Gasteiger partial charge in [0.1, 0.15) is 18.3 Å². The molecule has 0 unspecified atom stereocenters. The lowest BCUT2D eigenvalue weighted by atomic mass is 9.99. The lowest BCUT2D eigenvalue weighted by molar-refractivity contribution is -0.272. The molecular formula is C16H16O10. The molecule has 4 N–H and O–H groups in total. The van der Waals surface area contributed by atoms with Crippen LogP contribution in [0.4, 0.5) is 0 Å². The summed E-state index contributed by atoms with van der Waals surface area (Å²) in [6.07, 6.45) is -8.46. The standard InChI is InChI=1S/C16H16O10/c1-23-15(22)14-11(20)10(19)12(21)16(26-14)24-7-4-2-6-3-5-8(17)25-13(6)9(7)18/h2-5,10-12,14,16,18-21H,1H3/t10-,11-,12+,14-,16+/m0/s1. The molecule has 0 bridgehead atoms. The van der Waals surface area contributed by atoms with E-state index >= 15 is 0 Å². The summed E-state index contributed by atoms with van der Waals surface area (Å²) >= 11 is 0. The number of carbonyl (C=O) groups excluding carboxylic acids is 1. The first-order chi connectivity index (χ1) is 12.3. The second kappa shape index (κ2) is 6.92. The first-order valence-corrected chi connectivity index (χ1v) is 7.53. The van der Waals surface area contributed by atoms with E-state index in [1.54, 1.807) is 0 Å². The first kappa shape index (κ1) is 18.1. The van der Waals surface area contributed by atoms with Crippen molar-refractivity contribution in [2.45, 2.75) is 30.7 Å². The SMILES string of the molecule is COC(=O)[C@H]1O[C@@H](Oc2ccc3ccc(=O)oc3c2O)[C@H](O)[C@@H](O)[C@@H]1O. The van der Waals surface area contributed by atoms with Crippen LogP contribution in [-0.4, -0.2) is 64.2 Å². The van der Waals surface area contributed by atoms with Gasteiger partial charge in [-0.2, -0.15) is 0 Å². The third-order valence-electron chi connectivity index (χ3n) is 3.97. The van der Waals surface area contributed by atoms with E-state index in [9.17, 15) is 30.0 Å². The fourth-order valence-electron chi connectivity index (χ4n) is 2.58. The molecule has 0 saturated carbocycles. The highest BCUT2D eigenvalue weighted by Gasteiger charge is 2.48. The first-order valence-electron chi connectivity index (χ1n) is 7.53. The predicted molar refractivity (Wildman–Crippen MR) is 83.5 cm³/mol. The summed E-state index contributed by atoms with van der Waals surface area (Å²) in [5, 5.41) is 40.4. The van der Waals surface area contributed by atoms with Crippen LogP contribution in [-0.2, 0) is 14.3 Å². The van der Waals surface area contributed by atoms with Crippen LogP contribution in [0.25, 0.3) is 11.0 Å². The molecule has 26 heavy (non-hydrogen) atoms. The summed E-state index contributed by atoms with van der Waals surface area (Å²) < 4.78 is 19.9. The molecule has 1 fully saturated rings. The van der Waals surface area contributed by atoms with Crippen molar-refractivity contribution >= 4 is 16.9 Å². The Kier molecular flexibility index (Phi) is 4.83. The van der Waals surface area contributed by atoms with Gasteiger partial charge in [-0.25, -0.2) is 9.59 Å². The van der Waals surface area contributed by atoms with Crippen LogP contribution in [0.2, 0.25) is 0 Å². The second-order valence-corrected chi connectivity index (χ2v) is 5.62. The molecule has 0 spiro atoms.